The number of nitrogens with one attached hydrogen (secondary N) is 1. The highest BCUT2D eigenvalue weighted by Gasteiger charge is 2.47. The van der Waals surface area contributed by atoms with E-state index in [1.54, 1.807) is 25.3 Å². The Morgan fingerprint density at radius 3 is 2.67 bits per heavy atom. The fraction of sp³-hybridized carbons (Fsp3) is 0.562. The highest BCUT2D eigenvalue weighted by atomic mass is 16.5. The predicted octanol–water partition coefficient (Wildman–Crippen LogP) is 1.98. The quantitative estimate of drug-likeness (QED) is 0.871. The lowest BCUT2D eigenvalue weighted by Gasteiger charge is -2.49. The Bertz CT molecular complexity index is 527. The molecule has 0 saturated heterocycles. The van der Waals surface area contributed by atoms with E-state index in [0.717, 1.165) is 0 Å². The van der Waals surface area contributed by atoms with Crippen LogP contribution in [0.2, 0.25) is 0 Å². The molecule has 116 valence electrons. The molecule has 0 bridgehead atoms. The van der Waals surface area contributed by atoms with Crippen molar-refractivity contribution in [1.29, 1.82) is 0 Å². The van der Waals surface area contributed by atoms with Gasteiger partial charge in [-0.2, -0.15) is 0 Å². The first kappa shape index (κ1) is 15.6. The first-order valence-electron chi connectivity index (χ1n) is 7.20. The molecule has 2 unspecified atom stereocenters. The molecule has 5 nitrogen and oxygen atoms in total. The average molecular weight is 293 g/mol. The van der Waals surface area contributed by atoms with Crippen LogP contribution < -0.4 is 14.8 Å². The molecule has 0 aliphatic heterocycles. The number of ether oxygens (including phenoxy) is 2. The topological polar surface area (TPSA) is 67.8 Å². The van der Waals surface area contributed by atoms with Crippen molar-refractivity contribution in [3.63, 3.8) is 0 Å². The van der Waals surface area contributed by atoms with Crippen molar-refractivity contribution in [1.82, 2.24) is 5.32 Å². The maximum atomic E-state index is 12.3. The standard InChI is InChI=1S/C16H23NO4/c1-5-21-12-8-10(6-7-11(12)20-4)15(19)17-13-9-14(18)16(13,2)3/h6-8,13-14,18H,5,9H2,1-4H3,(H,17,19). The van der Waals surface area contributed by atoms with E-state index in [1.807, 2.05) is 20.8 Å². The van der Waals surface area contributed by atoms with E-state index in [4.69, 9.17) is 9.47 Å². The summed E-state index contributed by atoms with van der Waals surface area (Å²) in [5, 5.41) is 12.7. The summed E-state index contributed by atoms with van der Waals surface area (Å²) in [5.74, 6) is 0.997. The number of hydrogen-bond acceptors (Lipinski definition) is 4. The van der Waals surface area contributed by atoms with E-state index >= 15 is 0 Å². The minimum absolute atomic E-state index is 0.0161. The van der Waals surface area contributed by atoms with Gasteiger partial charge in [0.2, 0.25) is 0 Å². The van der Waals surface area contributed by atoms with Gasteiger partial charge in [-0.05, 0) is 31.5 Å². The monoisotopic (exact) mass is 293 g/mol. The summed E-state index contributed by atoms with van der Waals surface area (Å²) in [4.78, 5) is 12.3. The van der Waals surface area contributed by atoms with Gasteiger partial charge in [0.05, 0.1) is 19.8 Å². The van der Waals surface area contributed by atoms with Gasteiger partial charge >= 0.3 is 0 Å². The van der Waals surface area contributed by atoms with Crippen molar-refractivity contribution in [2.75, 3.05) is 13.7 Å². The lowest BCUT2D eigenvalue weighted by atomic mass is 9.64. The van der Waals surface area contributed by atoms with Crippen molar-refractivity contribution in [2.24, 2.45) is 5.41 Å². The Morgan fingerprint density at radius 2 is 2.14 bits per heavy atom. The zero-order valence-corrected chi connectivity index (χ0v) is 13.0. The molecule has 1 saturated carbocycles. The van der Waals surface area contributed by atoms with E-state index in [1.165, 1.54) is 0 Å². The highest BCUT2D eigenvalue weighted by Crippen LogP contribution is 2.40. The number of benzene rings is 1. The third-order valence-electron chi connectivity index (χ3n) is 4.25. The molecule has 1 amide bonds. The minimum atomic E-state index is -0.363. The molecule has 2 atom stereocenters. The van der Waals surface area contributed by atoms with Crippen molar-refractivity contribution in [3.05, 3.63) is 23.8 Å². The molecule has 1 aliphatic rings. The molecule has 0 radical (unpaired) electrons. The summed E-state index contributed by atoms with van der Waals surface area (Å²) < 4.78 is 10.7. The van der Waals surface area contributed by atoms with E-state index in [9.17, 15) is 9.90 Å². The van der Waals surface area contributed by atoms with Gasteiger partial charge in [-0.3, -0.25) is 4.79 Å². The Morgan fingerprint density at radius 1 is 1.43 bits per heavy atom. The Kier molecular flexibility index (Phi) is 4.42. The number of hydrogen-bond donors (Lipinski definition) is 2. The summed E-state index contributed by atoms with van der Waals surface area (Å²) in [7, 11) is 1.57. The predicted molar refractivity (Wildman–Crippen MR) is 79.8 cm³/mol. The maximum absolute atomic E-state index is 12.3. The Balaban J connectivity index is 2.11. The van der Waals surface area contributed by atoms with E-state index in [0.29, 0.717) is 30.1 Å². The zero-order valence-electron chi connectivity index (χ0n) is 13.0. The number of methoxy groups -OCH3 is 1. The Labute approximate surface area is 125 Å². The second-order valence-corrected chi connectivity index (χ2v) is 5.90. The number of carbonyl (C=O) groups excluding carboxylic acids is 1. The van der Waals surface area contributed by atoms with Gasteiger partial charge < -0.3 is 19.9 Å². The lowest BCUT2D eigenvalue weighted by Crippen LogP contribution is -2.61. The molecule has 21 heavy (non-hydrogen) atoms. The van der Waals surface area contributed by atoms with Gasteiger partial charge in [-0.1, -0.05) is 13.8 Å². The molecule has 2 rings (SSSR count). The van der Waals surface area contributed by atoms with Gasteiger partial charge in [-0.25, -0.2) is 0 Å². The van der Waals surface area contributed by atoms with Crippen molar-refractivity contribution in [2.45, 2.75) is 39.3 Å². The molecule has 1 fully saturated rings. The summed E-state index contributed by atoms with van der Waals surface area (Å²) in [6.45, 7) is 6.28. The second kappa shape index (κ2) is 5.93. The molecule has 1 aliphatic carbocycles. The van der Waals surface area contributed by atoms with Crippen LogP contribution in [-0.4, -0.2) is 36.9 Å². The van der Waals surface area contributed by atoms with Crippen LogP contribution in [0, 0.1) is 5.41 Å². The van der Waals surface area contributed by atoms with Crippen LogP contribution in [0.3, 0.4) is 0 Å². The van der Waals surface area contributed by atoms with Crippen LogP contribution in [0.25, 0.3) is 0 Å². The molecule has 0 spiro atoms. The molecule has 1 aromatic carbocycles. The fourth-order valence-corrected chi connectivity index (χ4v) is 2.48. The number of amides is 1. The van der Waals surface area contributed by atoms with Gasteiger partial charge in [0.25, 0.3) is 5.91 Å². The van der Waals surface area contributed by atoms with Crippen LogP contribution in [0.5, 0.6) is 11.5 Å². The third kappa shape index (κ3) is 2.97. The molecule has 0 aromatic heterocycles. The fourth-order valence-electron chi connectivity index (χ4n) is 2.48. The van der Waals surface area contributed by atoms with E-state index in [2.05, 4.69) is 5.32 Å². The van der Waals surface area contributed by atoms with Crippen molar-refractivity contribution < 1.29 is 19.4 Å². The SMILES string of the molecule is CCOc1cc(C(=O)NC2CC(O)C2(C)C)ccc1OC. The van der Waals surface area contributed by atoms with Crippen molar-refractivity contribution >= 4 is 5.91 Å². The van der Waals surface area contributed by atoms with Crippen LogP contribution >= 0.6 is 0 Å². The molecule has 1 aromatic rings. The summed E-state index contributed by atoms with van der Waals surface area (Å²) in [5.41, 5.74) is 0.238. The molecule has 0 heterocycles. The molecular formula is C16H23NO4. The first-order valence-corrected chi connectivity index (χ1v) is 7.20. The summed E-state index contributed by atoms with van der Waals surface area (Å²) in [6, 6.07) is 5.09. The zero-order chi connectivity index (χ0) is 15.6. The van der Waals surface area contributed by atoms with Gasteiger partial charge in [0.1, 0.15) is 0 Å². The van der Waals surface area contributed by atoms with E-state index in [-0.39, 0.29) is 23.5 Å². The van der Waals surface area contributed by atoms with Crippen LogP contribution in [0.1, 0.15) is 37.6 Å². The summed E-state index contributed by atoms with van der Waals surface area (Å²) in [6.07, 6.45) is 0.227. The highest BCUT2D eigenvalue weighted by molar-refractivity contribution is 5.95. The third-order valence-corrected chi connectivity index (χ3v) is 4.25. The minimum Gasteiger partial charge on any atom is -0.493 e. The summed E-state index contributed by atoms with van der Waals surface area (Å²) >= 11 is 0. The normalized spacial score (nSPS) is 23.1. The number of carbonyl (C=O) groups is 1. The number of rotatable bonds is 5. The van der Waals surface area contributed by atoms with Crippen LogP contribution in [0.4, 0.5) is 0 Å². The largest absolute Gasteiger partial charge is 0.493 e. The smallest absolute Gasteiger partial charge is 0.251 e. The maximum Gasteiger partial charge on any atom is 0.251 e. The van der Waals surface area contributed by atoms with Crippen LogP contribution in [-0.2, 0) is 0 Å². The van der Waals surface area contributed by atoms with Crippen molar-refractivity contribution in [3.8, 4) is 11.5 Å². The average Bonchev–Trinajstić information content (AvgIpc) is 2.47. The van der Waals surface area contributed by atoms with Gasteiger partial charge in [0, 0.05) is 17.0 Å². The number of aliphatic hydroxyl groups excluding tert-OH is 1. The molecular weight excluding hydrogens is 270 g/mol. The second-order valence-electron chi connectivity index (χ2n) is 5.90. The number of aliphatic hydroxyl groups is 1. The van der Waals surface area contributed by atoms with Gasteiger partial charge in [-0.15, -0.1) is 0 Å². The van der Waals surface area contributed by atoms with E-state index < -0.39 is 0 Å². The lowest BCUT2D eigenvalue weighted by molar-refractivity contribution is -0.0689. The Hall–Kier alpha value is -1.75. The molecule has 2 N–H and O–H groups in total. The van der Waals surface area contributed by atoms with Crippen LogP contribution in [0.15, 0.2) is 18.2 Å². The van der Waals surface area contributed by atoms with Gasteiger partial charge in [0.15, 0.2) is 11.5 Å². The molecule has 5 heteroatoms. The first-order chi connectivity index (χ1) is 9.90.